The number of aryl methyl sites for hydroxylation is 1. The summed E-state index contributed by atoms with van der Waals surface area (Å²) in [6, 6.07) is 8.67. The summed E-state index contributed by atoms with van der Waals surface area (Å²) in [5, 5.41) is 10.9. The summed E-state index contributed by atoms with van der Waals surface area (Å²) in [6.07, 6.45) is 1.91. The largest absolute Gasteiger partial charge is 0.473 e. The van der Waals surface area contributed by atoms with E-state index in [2.05, 4.69) is 4.98 Å². The van der Waals surface area contributed by atoms with Crippen molar-refractivity contribution in [3.63, 3.8) is 0 Å². The first kappa shape index (κ1) is 17.3. The molecule has 0 amide bonds. The van der Waals surface area contributed by atoms with E-state index in [1.807, 2.05) is 13.0 Å². The van der Waals surface area contributed by atoms with E-state index in [4.69, 9.17) is 4.74 Å². The molecule has 9 heteroatoms. The molecule has 0 radical (unpaired) electrons. The van der Waals surface area contributed by atoms with Crippen LogP contribution in [0.3, 0.4) is 0 Å². The molecule has 0 saturated carbocycles. The molecular formula is C16H17N3O5S. The molecule has 1 saturated heterocycles. The molecule has 1 fully saturated rings. The Labute approximate surface area is 145 Å². The summed E-state index contributed by atoms with van der Waals surface area (Å²) in [5.41, 5.74) is 0.755. The molecule has 0 aliphatic carbocycles. The van der Waals surface area contributed by atoms with Crippen molar-refractivity contribution in [1.82, 2.24) is 9.29 Å². The van der Waals surface area contributed by atoms with Crippen molar-refractivity contribution in [2.75, 3.05) is 13.1 Å². The highest BCUT2D eigenvalue weighted by Gasteiger charge is 2.34. The molecule has 8 nitrogen and oxygen atoms in total. The van der Waals surface area contributed by atoms with Gasteiger partial charge in [-0.2, -0.15) is 4.31 Å². The number of aromatic nitrogens is 1. The molecule has 1 aliphatic heterocycles. The minimum atomic E-state index is -3.80. The van der Waals surface area contributed by atoms with Gasteiger partial charge in [0.2, 0.25) is 15.9 Å². The van der Waals surface area contributed by atoms with E-state index in [1.54, 1.807) is 12.3 Å². The zero-order chi connectivity index (χ0) is 18.0. The van der Waals surface area contributed by atoms with Crippen LogP contribution in [0.15, 0.2) is 47.5 Å². The van der Waals surface area contributed by atoms with Gasteiger partial charge in [0.25, 0.3) is 5.69 Å². The third-order valence-electron chi connectivity index (χ3n) is 3.95. The lowest BCUT2D eigenvalue weighted by molar-refractivity contribution is -0.385. The summed E-state index contributed by atoms with van der Waals surface area (Å²) >= 11 is 0. The van der Waals surface area contributed by atoms with Crippen LogP contribution in [0, 0.1) is 17.0 Å². The van der Waals surface area contributed by atoms with Crippen molar-refractivity contribution in [2.24, 2.45) is 0 Å². The fourth-order valence-corrected chi connectivity index (χ4v) is 4.14. The van der Waals surface area contributed by atoms with E-state index < -0.39 is 14.9 Å². The van der Waals surface area contributed by atoms with Gasteiger partial charge in [-0.1, -0.05) is 12.1 Å². The van der Waals surface area contributed by atoms with Crippen molar-refractivity contribution in [2.45, 2.75) is 24.3 Å². The maximum Gasteiger partial charge on any atom is 0.270 e. The van der Waals surface area contributed by atoms with Crippen LogP contribution in [0.1, 0.15) is 12.0 Å². The first-order chi connectivity index (χ1) is 11.9. The number of ether oxygens (including phenoxy) is 1. The summed E-state index contributed by atoms with van der Waals surface area (Å²) < 4.78 is 32.4. The van der Waals surface area contributed by atoms with Gasteiger partial charge in [0.05, 0.1) is 16.4 Å². The zero-order valence-electron chi connectivity index (χ0n) is 13.5. The van der Waals surface area contributed by atoms with Crippen LogP contribution in [0.5, 0.6) is 5.88 Å². The van der Waals surface area contributed by atoms with Crippen LogP contribution in [0.4, 0.5) is 5.69 Å². The Morgan fingerprint density at radius 2 is 2.12 bits per heavy atom. The first-order valence-corrected chi connectivity index (χ1v) is 9.14. The second kappa shape index (κ2) is 6.77. The number of benzene rings is 1. The number of nitrogens with zero attached hydrogens (tertiary/aromatic N) is 3. The van der Waals surface area contributed by atoms with Gasteiger partial charge in [0.1, 0.15) is 6.10 Å². The van der Waals surface area contributed by atoms with Crippen molar-refractivity contribution < 1.29 is 18.1 Å². The lowest BCUT2D eigenvalue weighted by Gasteiger charge is -2.17. The molecule has 1 aromatic heterocycles. The zero-order valence-corrected chi connectivity index (χ0v) is 14.3. The number of nitro groups is 1. The van der Waals surface area contributed by atoms with Gasteiger partial charge in [-0.05, 0) is 25.0 Å². The molecule has 3 rings (SSSR count). The van der Waals surface area contributed by atoms with E-state index in [1.165, 1.54) is 22.5 Å². The molecule has 1 unspecified atom stereocenters. The Hall–Kier alpha value is -2.52. The standard InChI is InChI=1S/C16H17N3O5S/c1-12-5-6-16(17-10-12)24-14-7-8-18(11-14)25(22,23)15-4-2-3-13(9-15)19(20)21/h2-6,9-10,14H,7-8,11H2,1H3. The molecule has 1 aromatic carbocycles. The third kappa shape index (κ3) is 3.77. The SMILES string of the molecule is Cc1ccc(OC2CCN(S(=O)(=O)c3cccc([N+](=O)[O-])c3)C2)nc1. The number of non-ortho nitro benzene ring substituents is 1. The second-order valence-electron chi connectivity index (χ2n) is 5.82. The number of pyridine rings is 1. The van der Waals surface area contributed by atoms with Crippen molar-refractivity contribution in [3.8, 4) is 5.88 Å². The average molecular weight is 363 g/mol. The lowest BCUT2D eigenvalue weighted by atomic mass is 10.3. The molecule has 132 valence electrons. The molecule has 1 aliphatic rings. The molecule has 0 N–H and O–H groups in total. The van der Waals surface area contributed by atoms with E-state index >= 15 is 0 Å². The minimum Gasteiger partial charge on any atom is -0.473 e. The lowest BCUT2D eigenvalue weighted by Crippen LogP contribution is -2.31. The van der Waals surface area contributed by atoms with Gasteiger partial charge in [0.15, 0.2) is 0 Å². The minimum absolute atomic E-state index is 0.0872. The summed E-state index contributed by atoms with van der Waals surface area (Å²) in [6.45, 7) is 2.39. The van der Waals surface area contributed by atoms with Crippen LogP contribution >= 0.6 is 0 Å². The predicted molar refractivity (Wildman–Crippen MR) is 89.9 cm³/mol. The van der Waals surface area contributed by atoms with Crippen LogP contribution in [-0.2, 0) is 10.0 Å². The Morgan fingerprint density at radius 3 is 2.80 bits per heavy atom. The molecule has 2 aromatic rings. The number of hydrogen-bond acceptors (Lipinski definition) is 6. The highest BCUT2D eigenvalue weighted by molar-refractivity contribution is 7.89. The maximum atomic E-state index is 12.7. The van der Waals surface area contributed by atoms with Crippen LogP contribution in [0.25, 0.3) is 0 Å². The van der Waals surface area contributed by atoms with Gasteiger partial charge >= 0.3 is 0 Å². The van der Waals surface area contributed by atoms with Gasteiger partial charge in [-0.3, -0.25) is 10.1 Å². The Morgan fingerprint density at radius 1 is 1.32 bits per heavy atom. The van der Waals surface area contributed by atoms with Crippen LogP contribution in [-0.4, -0.2) is 41.8 Å². The monoisotopic (exact) mass is 363 g/mol. The highest BCUT2D eigenvalue weighted by Crippen LogP contribution is 2.25. The van der Waals surface area contributed by atoms with Crippen molar-refractivity contribution in [3.05, 3.63) is 58.3 Å². The predicted octanol–water partition coefficient (Wildman–Crippen LogP) is 2.14. The van der Waals surface area contributed by atoms with Crippen molar-refractivity contribution in [1.29, 1.82) is 0 Å². The number of sulfonamides is 1. The number of nitro benzene ring substituents is 1. The van der Waals surface area contributed by atoms with Gasteiger partial charge in [0, 0.05) is 30.9 Å². The average Bonchev–Trinajstić information content (AvgIpc) is 3.06. The maximum absolute atomic E-state index is 12.7. The fraction of sp³-hybridized carbons (Fsp3) is 0.312. The van der Waals surface area contributed by atoms with Gasteiger partial charge in [-0.25, -0.2) is 13.4 Å². The molecule has 2 heterocycles. The molecule has 1 atom stereocenters. The van der Waals surface area contributed by atoms with Gasteiger partial charge in [-0.15, -0.1) is 0 Å². The second-order valence-corrected chi connectivity index (χ2v) is 7.76. The molecule has 0 spiro atoms. The van der Waals surface area contributed by atoms with Crippen molar-refractivity contribution >= 4 is 15.7 Å². The third-order valence-corrected chi connectivity index (χ3v) is 5.81. The van der Waals surface area contributed by atoms with E-state index in [0.717, 1.165) is 11.6 Å². The fourth-order valence-electron chi connectivity index (χ4n) is 2.61. The highest BCUT2D eigenvalue weighted by atomic mass is 32.2. The topological polar surface area (TPSA) is 103 Å². The molecular weight excluding hydrogens is 346 g/mol. The normalized spacial score (nSPS) is 18.2. The Kier molecular flexibility index (Phi) is 4.69. The molecule has 25 heavy (non-hydrogen) atoms. The number of rotatable bonds is 5. The van der Waals surface area contributed by atoms with Gasteiger partial charge < -0.3 is 4.74 Å². The summed E-state index contributed by atoms with van der Waals surface area (Å²) in [4.78, 5) is 14.3. The van der Waals surface area contributed by atoms with Crippen LogP contribution in [0.2, 0.25) is 0 Å². The Bertz CT molecular complexity index is 883. The van der Waals surface area contributed by atoms with E-state index in [0.29, 0.717) is 18.8 Å². The first-order valence-electron chi connectivity index (χ1n) is 7.70. The van der Waals surface area contributed by atoms with Crippen LogP contribution < -0.4 is 4.74 Å². The Balaban J connectivity index is 1.73. The summed E-state index contributed by atoms with van der Waals surface area (Å²) in [5.74, 6) is 0.449. The number of hydrogen-bond donors (Lipinski definition) is 0. The smallest absolute Gasteiger partial charge is 0.270 e. The summed E-state index contributed by atoms with van der Waals surface area (Å²) in [7, 11) is -3.80. The van der Waals surface area contributed by atoms with E-state index in [-0.39, 0.29) is 23.2 Å². The van der Waals surface area contributed by atoms with E-state index in [9.17, 15) is 18.5 Å². The molecule has 0 bridgehead atoms. The quantitative estimate of drug-likeness (QED) is 0.596.